The first-order valence-electron chi connectivity index (χ1n) is 6.84. The van der Waals surface area contributed by atoms with Crippen molar-refractivity contribution in [2.75, 3.05) is 19.6 Å². The molecular formula is C13H26N2. The van der Waals surface area contributed by atoms with Crippen molar-refractivity contribution in [2.45, 2.75) is 57.4 Å². The van der Waals surface area contributed by atoms with E-state index in [-0.39, 0.29) is 0 Å². The van der Waals surface area contributed by atoms with E-state index in [0.717, 1.165) is 12.5 Å². The lowest BCUT2D eigenvalue weighted by Gasteiger charge is -2.27. The van der Waals surface area contributed by atoms with Crippen molar-refractivity contribution in [2.24, 2.45) is 11.7 Å². The molecule has 0 aromatic heterocycles. The van der Waals surface area contributed by atoms with Crippen molar-refractivity contribution in [3.63, 3.8) is 0 Å². The van der Waals surface area contributed by atoms with Crippen molar-refractivity contribution in [1.29, 1.82) is 0 Å². The Morgan fingerprint density at radius 3 is 2.13 bits per heavy atom. The summed E-state index contributed by atoms with van der Waals surface area (Å²) >= 11 is 0. The fourth-order valence-electron chi connectivity index (χ4n) is 3.15. The molecule has 1 aliphatic heterocycles. The highest BCUT2D eigenvalue weighted by Crippen LogP contribution is 2.27. The van der Waals surface area contributed by atoms with Crippen molar-refractivity contribution in [3.8, 4) is 0 Å². The molecule has 2 nitrogen and oxygen atoms in total. The first-order chi connectivity index (χ1) is 7.36. The number of nitrogens with two attached hydrogens (primary N) is 1. The van der Waals surface area contributed by atoms with Gasteiger partial charge in [0.1, 0.15) is 0 Å². The summed E-state index contributed by atoms with van der Waals surface area (Å²) in [5, 5.41) is 0. The van der Waals surface area contributed by atoms with E-state index in [1.165, 1.54) is 64.5 Å². The molecule has 0 spiro atoms. The summed E-state index contributed by atoms with van der Waals surface area (Å²) < 4.78 is 0. The van der Waals surface area contributed by atoms with Crippen LogP contribution in [0.4, 0.5) is 0 Å². The molecule has 1 unspecified atom stereocenters. The molecule has 2 aliphatic rings. The second-order valence-corrected chi connectivity index (χ2v) is 5.42. The molecular weight excluding hydrogens is 184 g/mol. The fraction of sp³-hybridized carbons (Fsp3) is 1.00. The number of nitrogens with zero attached hydrogens (tertiary/aromatic N) is 1. The standard InChI is InChI=1S/C13H26N2/c14-13(12-7-3-4-8-12)11-15-9-5-1-2-6-10-15/h12-13H,1-11,14H2. The van der Waals surface area contributed by atoms with Gasteiger partial charge in [0, 0.05) is 12.6 Å². The van der Waals surface area contributed by atoms with Crippen molar-refractivity contribution in [1.82, 2.24) is 4.90 Å². The maximum atomic E-state index is 6.32. The summed E-state index contributed by atoms with van der Waals surface area (Å²) in [4.78, 5) is 2.61. The summed E-state index contributed by atoms with van der Waals surface area (Å²) in [5.41, 5.74) is 6.32. The summed E-state index contributed by atoms with van der Waals surface area (Å²) in [5.74, 6) is 0.827. The zero-order chi connectivity index (χ0) is 10.5. The zero-order valence-electron chi connectivity index (χ0n) is 9.96. The Balaban J connectivity index is 1.73. The predicted octanol–water partition coefficient (Wildman–Crippen LogP) is 2.38. The molecule has 0 bridgehead atoms. The molecule has 2 heteroatoms. The van der Waals surface area contributed by atoms with Gasteiger partial charge in [0.2, 0.25) is 0 Å². The van der Waals surface area contributed by atoms with E-state index in [9.17, 15) is 0 Å². The molecule has 1 atom stereocenters. The van der Waals surface area contributed by atoms with Crippen LogP contribution >= 0.6 is 0 Å². The van der Waals surface area contributed by atoms with E-state index in [2.05, 4.69) is 4.90 Å². The van der Waals surface area contributed by atoms with Crippen molar-refractivity contribution in [3.05, 3.63) is 0 Å². The van der Waals surface area contributed by atoms with Crippen LogP contribution in [0, 0.1) is 5.92 Å². The van der Waals surface area contributed by atoms with Gasteiger partial charge in [-0.3, -0.25) is 0 Å². The molecule has 0 amide bonds. The summed E-state index contributed by atoms with van der Waals surface area (Å²) in [6, 6.07) is 0.450. The molecule has 1 heterocycles. The predicted molar refractivity (Wildman–Crippen MR) is 64.8 cm³/mol. The quantitative estimate of drug-likeness (QED) is 0.775. The van der Waals surface area contributed by atoms with Crippen LogP contribution < -0.4 is 5.73 Å². The molecule has 1 saturated heterocycles. The molecule has 88 valence electrons. The van der Waals surface area contributed by atoms with Gasteiger partial charge in [0.25, 0.3) is 0 Å². The Morgan fingerprint density at radius 2 is 1.53 bits per heavy atom. The van der Waals surface area contributed by atoms with Crippen LogP contribution in [0.2, 0.25) is 0 Å². The van der Waals surface area contributed by atoms with Crippen LogP contribution in [0.15, 0.2) is 0 Å². The van der Waals surface area contributed by atoms with Gasteiger partial charge in [-0.25, -0.2) is 0 Å². The lowest BCUT2D eigenvalue weighted by Crippen LogP contribution is -2.42. The Kier molecular flexibility index (Phi) is 4.45. The van der Waals surface area contributed by atoms with Gasteiger partial charge in [-0.15, -0.1) is 0 Å². The van der Waals surface area contributed by atoms with E-state index in [0.29, 0.717) is 6.04 Å². The zero-order valence-corrected chi connectivity index (χ0v) is 9.96. The van der Waals surface area contributed by atoms with Gasteiger partial charge in [-0.2, -0.15) is 0 Å². The highest BCUT2D eigenvalue weighted by molar-refractivity contribution is 4.81. The number of hydrogen-bond donors (Lipinski definition) is 1. The first kappa shape index (κ1) is 11.4. The molecule has 15 heavy (non-hydrogen) atoms. The van der Waals surface area contributed by atoms with Crippen LogP contribution in [0.3, 0.4) is 0 Å². The third-order valence-corrected chi connectivity index (χ3v) is 4.17. The highest BCUT2D eigenvalue weighted by Gasteiger charge is 2.23. The van der Waals surface area contributed by atoms with Crippen LogP contribution in [0.25, 0.3) is 0 Å². The fourth-order valence-corrected chi connectivity index (χ4v) is 3.15. The summed E-state index contributed by atoms with van der Waals surface area (Å²) in [7, 11) is 0. The van der Waals surface area contributed by atoms with E-state index in [1.54, 1.807) is 0 Å². The minimum absolute atomic E-state index is 0.450. The van der Waals surface area contributed by atoms with Gasteiger partial charge < -0.3 is 10.6 Å². The number of hydrogen-bond acceptors (Lipinski definition) is 2. The van der Waals surface area contributed by atoms with E-state index in [1.807, 2.05) is 0 Å². The average Bonchev–Trinajstić information content (AvgIpc) is 2.65. The molecule has 0 aromatic rings. The smallest absolute Gasteiger partial charge is 0.0196 e. The number of rotatable bonds is 3. The van der Waals surface area contributed by atoms with Crippen LogP contribution in [0.1, 0.15) is 51.4 Å². The normalized spacial score (nSPS) is 27.8. The van der Waals surface area contributed by atoms with Gasteiger partial charge in [-0.05, 0) is 44.7 Å². The third-order valence-electron chi connectivity index (χ3n) is 4.17. The van der Waals surface area contributed by atoms with E-state index in [4.69, 9.17) is 5.73 Å². The average molecular weight is 210 g/mol. The second-order valence-electron chi connectivity index (χ2n) is 5.42. The molecule has 0 aromatic carbocycles. The van der Waals surface area contributed by atoms with Gasteiger partial charge >= 0.3 is 0 Å². The largest absolute Gasteiger partial charge is 0.326 e. The van der Waals surface area contributed by atoms with E-state index >= 15 is 0 Å². The van der Waals surface area contributed by atoms with Crippen LogP contribution in [-0.4, -0.2) is 30.6 Å². The first-order valence-corrected chi connectivity index (χ1v) is 6.84. The van der Waals surface area contributed by atoms with Crippen molar-refractivity contribution < 1.29 is 0 Å². The lowest BCUT2D eigenvalue weighted by atomic mass is 9.98. The minimum atomic E-state index is 0.450. The Bertz CT molecular complexity index is 167. The summed E-state index contributed by atoms with van der Waals surface area (Å²) in [6.07, 6.45) is 11.2. The Hall–Kier alpha value is -0.0800. The Labute approximate surface area is 94.2 Å². The lowest BCUT2D eigenvalue weighted by molar-refractivity contribution is 0.237. The van der Waals surface area contributed by atoms with Gasteiger partial charge in [-0.1, -0.05) is 25.7 Å². The monoisotopic (exact) mass is 210 g/mol. The Morgan fingerprint density at radius 1 is 0.933 bits per heavy atom. The van der Waals surface area contributed by atoms with Gasteiger partial charge in [0.15, 0.2) is 0 Å². The molecule has 2 rings (SSSR count). The second kappa shape index (κ2) is 5.86. The summed E-state index contributed by atoms with van der Waals surface area (Å²) in [6.45, 7) is 3.74. The molecule has 1 saturated carbocycles. The molecule has 2 fully saturated rings. The molecule has 2 N–H and O–H groups in total. The van der Waals surface area contributed by atoms with Crippen LogP contribution in [0.5, 0.6) is 0 Å². The third kappa shape index (κ3) is 3.46. The SMILES string of the molecule is NC(CN1CCCCCC1)C1CCCC1. The highest BCUT2D eigenvalue weighted by atomic mass is 15.1. The van der Waals surface area contributed by atoms with Crippen molar-refractivity contribution >= 4 is 0 Å². The molecule has 1 aliphatic carbocycles. The number of likely N-dealkylation sites (tertiary alicyclic amines) is 1. The van der Waals surface area contributed by atoms with Crippen LogP contribution in [-0.2, 0) is 0 Å². The maximum absolute atomic E-state index is 6.32. The minimum Gasteiger partial charge on any atom is -0.326 e. The molecule has 0 radical (unpaired) electrons. The van der Waals surface area contributed by atoms with Gasteiger partial charge in [0.05, 0.1) is 0 Å². The maximum Gasteiger partial charge on any atom is 0.0196 e. The topological polar surface area (TPSA) is 29.3 Å². The van der Waals surface area contributed by atoms with E-state index < -0.39 is 0 Å².